The predicted molar refractivity (Wildman–Crippen MR) is 137 cm³/mol. The molecule has 0 saturated heterocycles. The molecule has 1 saturated carbocycles. The Labute approximate surface area is 207 Å². The fourth-order valence-corrected chi connectivity index (χ4v) is 6.67. The molecule has 5 rings (SSSR count). The maximum Gasteiger partial charge on any atom is 0.258 e. The number of fused-ring (bicyclic) bond motifs is 4. The summed E-state index contributed by atoms with van der Waals surface area (Å²) in [5.41, 5.74) is 4.75. The molecule has 1 spiro atoms. The number of rotatable bonds is 5. The van der Waals surface area contributed by atoms with Gasteiger partial charge in [-0.05, 0) is 43.9 Å². The molecule has 2 aliphatic rings. The van der Waals surface area contributed by atoms with Crippen molar-refractivity contribution < 1.29 is 4.79 Å². The summed E-state index contributed by atoms with van der Waals surface area (Å²) in [6, 6.07) is 15.8. The molecule has 3 aromatic rings. The summed E-state index contributed by atoms with van der Waals surface area (Å²) in [6.45, 7) is 2.53. The standard InChI is InChI=1S/C27H27BrN2O2S/c1-2-30-25(32)23-24(29-26(30)33-17-22(31)18-10-12-20(28)13-11-18)21-9-5-4-8-19(21)16-27(23)14-6-3-7-15-27/h4-5,8-13H,2-3,6-7,14-17H2,1H3. The van der Waals surface area contributed by atoms with E-state index in [4.69, 9.17) is 4.98 Å². The van der Waals surface area contributed by atoms with Crippen LogP contribution >= 0.6 is 27.7 Å². The summed E-state index contributed by atoms with van der Waals surface area (Å²) in [5, 5.41) is 0.634. The molecule has 4 nitrogen and oxygen atoms in total. The first-order valence-electron chi connectivity index (χ1n) is 11.7. The molecular formula is C27H27BrN2O2S. The number of aromatic nitrogens is 2. The van der Waals surface area contributed by atoms with E-state index in [1.807, 2.05) is 37.3 Å². The Morgan fingerprint density at radius 2 is 1.82 bits per heavy atom. The van der Waals surface area contributed by atoms with E-state index in [1.165, 1.54) is 23.7 Å². The van der Waals surface area contributed by atoms with Gasteiger partial charge in [0, 0.05) is 27.6 Å². The fraction of sp³-hybridized carbons (Fsp3) is 0.370. The van der Waals surface area contributed by atoms with Crippen LogP contribution in [0.25, 0.3) is 11.3 Å². The van der Waals surface area contributed by atoms with E-state index < -0.39 is 0 Å². The van der Waals surface area contributed by atoms with Gasteiger partial charge in [-0.2, -0.15) is 0 Å². The van der Waals surface area contributed by atoms with E-state index in [1.54, 1.807) is 4.57 Å². The number of nitrogens with zero attached hydrogens (tertiary/aromatic N) is 2. The normalized spacial score (nSPS) is 16.3. The zero-order valence-corrected chi connectivity index (χ0v) is 21.2. The highest BCUT2D eigenvalue weighted by molar-refractivity contribution is 9.10. The second-order valence-corrected chi connectivity index (χ2v) is 10.9. The highest BCUT2D eigenvalue weighted by atomic mass is 79.9. The van der Waals surface area contributed by atoms with Crippen LogP contribution in [0.4, 0.5) is 0 Å². The van der Waals surface area contributed by atoms with Crippen molar-refractivity contribution in [3.8, 4) is 11.3 Å². The molecule has 33 heavy (non-hydrogen) atoms. The zero-order valence-electron chi connectivity index (χ0n) is 18.8. The molecule has 1 heterocycles. The van der Waals surface area contributed by atoms with Crippen LogP contribution in [0.3, 0.4) is 0 Å². The van der Waals surface area contributed by atoms with Crippen molar-refractivity contribution in [2.75, 3.05) is 5.75 Å². The Morgan fingerprint density at radius 3 is 2.55 bits per heavy atom. The van der Waals surface area contributed by atoms with Gasteiger partial charge >= 0.3 is 0 Å². The van der Waals surface area contributed by atoms with E-state index in [0.717, 1.165) is 53.4 Å². The Kier molecular flexibility index (Phi) is 6.32. The van der Waals surface area contributed by atoms with Crippen LogP contribution in [0.2, 0.25) is 0 Å². The van der Waals surface area contributed by atoms with E-state index in [-0.39, 0.29) is 22.5 Å². The van der Waals surface area contributed by atoms with E-state index in [2.05, 4.69) is 34.1 Å². The van der Waals surface area contributed by atoms with Gasteiger partial charge < -0.3 is 0 Å². The molecule has 1 aromatic heterocycles. The van der Waals surface area contributed by atoms with Crippen molar-refractivity contribution in [2.24, 2.45) is 0 Å². The highest BCUT2D eigenvalue weighted by Gasteiger charge is 2.43. The second kappa shape index (κ2) is 9.22. The lowest BCUT2D eigenvalue weighted by Crippen LogP contribution is -2.43. The van der Waals surface area contributed by atoms with Crippen molar-refractivity contribution in [3.63, 3.8) is 0 Å². The molecule has 0 N–H and O–H groups in total. The molecule has 0 atom stereocenters. The van der Waals surface area contributed by atoms with Crippen molar-refractivity contribution >= 4 is 33.5 Å². The third-order valence-corrected chi connectivity index (χ3v) is 8.60. The van der Waals surface area contributed by atoms with E-state index in [9.17, 15) is 9.59 Å². The smallest absolute Gasteiger partial charge is 0.258 e. The molecule has 2 aliphatic carbocycles. The highest BCUT2D eigenvalue weighted by Crippen LogP contribution is 2.48. The second-order valence-electron chi connectivity index (χ2n) is 9.06. The van der Waals surface area contributed by atoms with Crippen LogP contribution in [0, 0.1) is 0 Å². The molecule has 0 radical (unpaired) electrons. The Balaban J connectivity index is 1.57. The lowest BCUT2D eigenvalue weighted by atomic mass is 9.62. The van der Waals surface area contributed by atoms with E-state index >= 15 is 0 Å². The summed E-state index contributed by atoms with van der Waals surface area (Å²) in [6.07, 6.45) is 6.56. The van der Waals surface area contributed by atoms with Crippen molar-refractivity contribution in [3.05, 3.63) is 80.0 Å². The van der Waals surface area contributed by atoms with Gasteiger partial charge in [-0.3, -0.25) is 14.2 Å². The van der Waals surface area contributed by atoms with Gasteiger partial charge in [-0.1, -0.05) is 83.4 Å². The number of hydrogen-bond acceptors (Lipinski definition) is 4. The summed E-state index contributed by atoms with van der Waals surface area (Å²) in [4.78, 5) is 31.8. The van der Waals surface area contributed by atoms with Crippen molar-refractivity contribution in [1.29, 1.82) is 0 Å². The molecule has 0 bridgehead atoms. The lowest BCUT2D eigenvalue weighted by molar-refractivity contribution is 0.102. The molecule has 1 fully saturated rings. The molecule has 0 aliphatic heterocycles. The summed E-state index contributed by atoms with van der Waals surface area (Å²) in [5.74, 6) is 0.283. The van der Waals surface area contributed by atoms with Gasteiger partial charge in [0.1, 0.15) is 0 Å². The average molecular weight is 523 g/mol. The largest absolute Gasteiger partial charge is 0.293 e. The summed E-state index contributed by atoms with van der Waals surface area (Å²) in [7, 11) is 0. The number of Topliss-reactive ketones (excluding diaryl/α,β-unsaturated/α-hetero) is 1. The number of ketones is 1. The number of hydrogen-bond donors (Lipinski definition) is 0. The third-order valence-electron chi connectivity index (χ3n) is 7.09. The van der Waals surface area contributed by atoms with Crippen LogP contribution in [-0.4, -0.2) is 21.1 Å². The summed E-state index contributed by atoms with van der Waals surface area (Å²) < 4.78 is 2.72. The maximum absolute atomic E-state index is 13.9. The predicted octanol–water partition coefficient (Wildman–Crippen LogP) is 6.43. The molecule has 170 valence electrons. The number of halogens is 1. The topological polar surface area (TPSA) is 52.0 Å². The fourth-order valence-electron chi connectivity index (χ4n) is 5.46. The molecule has 6 heteroatoms. The zero-order chi connectivity index (χ0) is 23.0. The number of carbonyl (C=O) groups excluding carboxylic acids is 1. The van der Waals surface area contributed by atoms with Gasteiger partial charge in [0.05, 0.1) is 17.0 Å². The van der Waals surface area contributed by atoms with Crippen LogP contribution in [-0.2, 0) is 18.4 Å². The van der Waals surface area contributed by atoms with Crippen LogP contribution in [0.1, 0.15) is 60.5 Å². The third kappa shape index (κ3) is 4.12. The van der Waals surface area contributed by atoms with Gasteiger partial charge in [-0.15, -0.1) is 0 Å². The number of thioether (sulfide) groups is 1. The van der Waals surface area contributed by atoms with Gasteiger partial charge in [-0.25, -0.2) is 4.98 Å². The molecular weight excluding hydrogens is 496 g/mol. The van der Waals surface area contributed by atoms with Crippen LogP contribution < -0.4 is 5.56 Å². The van der Waals surface area contributed by atoms with Crippen molar-refractivity contribution in [1.82, 2.24) is 9.55 Å². The van der Waals surface area contributed by atoms with Gasteiger partial charge in [0.15, 0.2) is 10.9 Å². The van der Waals surface area contributed by atoms with Crippen LogP contribution in [0.15, 0.2) is 63.0 Å². The Hall–Kier alpha value is -2.18. The first kappa shape index (κ1) is 22.6. The monoisotopic (exact) mass is 522 g/mol. The molecule has 0 amide bonds. The Bertz CT molecular complexity index is 1260. The average Bonchev–Trinajstić information content (AvgIpc) is 2.83. The van der Waals surface area contributed by atoms with Gasteiger partial charge in [0.2, 0.25) is 0 Å². The number of benzene rings is 2. The first-order valence-corrected chi connectivity index (χ1v) is 13.5. The van der Waals surface area contributed by atoms with Crippen molar-refractivity contribution in [2.45, 2.75) is 62.6 Å². The SMILES string of the molecule is CCn1c(SCC(=O)c2ccc(Br)cc2)nc2c(c1=O)C1(CCCCC1)Cc1ccccc1-2. The quantitative estimate of drug-likeness (QED) is 0.220. The van der Waals surface area contributed by atoms with E-state index in [0.29, 0.717) is 17.3 Å². The minimum Gasteiger partial charge on any atom is -0.293 e. The minimum absolute atomic E-state index is 0.0336. The minimum atomic E-state index is -0.112. The maximum atomic E-state index is 13.9. The lowest BCUT2D eigenvalue weighted by Gasteiger charge is -2.42. The first-order chi connectivity index (χ1) is 16.0. The molecule has 2 aromatic carbocycles. The molecule has 0 unspecified atom stereocenters. The number of carbonyl (C=O) groups is 1. The van der Waals surface area contributed by atoms with Gasteiger partial charge in [0.25, 0.3) is 5.56 Å². The van der Waals surface area contributed by atoms with Crippen LogP contribution in [0.5, 0.6) is 0 Å². The summed E-state index contributed by atoms with van der Waals surface area (Å²) >= 11 is 4.78. The Morgan fingerprint density at radius 1 is 1.09 bits per heavy atom.